The van der Waals surface area contributed by atoms with Crippen molar-refractivity contribution in [3.63, 3.8) is 0 Å². The second-order valence-corrected chi connectivity index (χ2v) is 7.76. The lowest BCUT2D eigenvalue weighted by molar-refractivity contribution is -0.116. The van der Waals surface area contributed by atoms with E-state index in [1.54, 1.807) is 45.2 Å². The zero-order chi connectivity index (χ0) is 21.3. The van der Waals surface area contributed by atoms with Crippen LogP contribution in [-0.2, 0) is 4.79 Å². The molecular weight excluding hydrogens is 402 g/mol. The van der Waals surface area contributed by atoms with Crippen molar-refractivity contribution in [3.05, 3.63) is 36.4 Å². The molecule has 0 atom stereocenters. The summed E-state index contributed by atoms with van der Waals surface area (Å²) >= 11 is 1.71. The molecule has 0 aliphatic heterocycles. The molecule has 7 nitrogen and oxygen atoms in total. The van der Waals surface area contributed by atoms with Crippen LogP contribution in [-0.4, -0.2) is 43.0 Å². The molecule has 3 rings (SSSR count). The van der Waals surface area contributed by atoms with Crippen molar-refractivity contribution < 1.29 is 19.0 Å². The van der Waals surface area contributed by atoms with Gasteiger partial charge in [-0.25, -0.2) is 4.98 Å². The molecule has 0 aliphatic rings. The van der Waals surface area contributed by atoms with Gasteiger partial charge < -0.3 is 24.5 Å². The Hall–Kier alpha value is -2.87. The number of methoxy groups -OCH3 is 3. The first-order valence-electron chi connectivity index (χ1n) is 9.82. The molecule has 1 heterocycles. The molecular formula is C22H27N3O4S. The predicted molar refractivity (Wildman–Crippen MR) is 120 cm³/mol. The van der Waals surface area contributed by atoms with E-state index >= 15 is 0 Å². The Bertz CT molecular complexity index is 931. The Balaban J connectivity index is 1.39. The summed E-state index contributed by atoms with van der Waals surface area (Å²) in [5, 5.41) is 3.84. The van der Waals surface area contributed by atoms with Gasteiger partial charge in [-0.1, -0.05) is 30.3 Å². The van der Waals surface area contributed by atoms with E-state index in [0.717, 1.165) is 41.2 Å². The molecule has 8 heteroatoms. The van der Waals surface area contributed by atoms with Gasteiger partial charge in [0, 0.05) is 30.0 Å². The summed E-state index contributed by atoms with van der Waals surface area (Å²) < 4.78 is 15.9. The van der Waals surface area contributed by atoms with Gasteiger partial charge in [0.2, 0.25) is 11.7 Å². The molecule has 0 spiro atoms. The highest BCUT2D eigenvalue weighted by Crippen LogP contribution is 2.39. The number of benzene rings is 2. The van der Waals surface area contributed by atoms with E-state index in [9.17, 15) is 4.79 Å². The molecule has 0 aliphatic carbocycles. The Morgan fingerprint density at radius 1 is 1.03 bits per heavy atom. The van der Waals surface area contributed by atoms with Crippen LogP contribution in [0.4, 0.5) is 5.69 Å². The average Bonchev–Trinajstić information content (AvgIpc) is 3.18. The minimum absolute atomic E-state index is 0.0331. The monoisotopic (exact) mass is 429 g/mol. The third-order valence-electron chi connectivity index (χ3n) is 4.60. The van der Waals surface area contributed by atoms with Gasteiger partial charge in [0.1, 0.15) is 0 Å². The molecule has 3 aromatic rings. The smallest absolute Gasteiger partial charge is 0.224 e. The number of nitrogens with one attached hydrogen (secondary N) is 2. The topological polar surface area (TPSA) is 85.5 Å². The second-order valence-electron chi connectivity index (χ2n) is 6.68. The molecule has 0 saturated heterocycles. The van der Waals surface area contributed by atoms with Crippen molar-refractivity contribution in [2.45, 2.75) is 30.8 Å². The first-order valence-corrected chi connectivity index (χ1v) is 10.8. The quantitative estimate of drug-likeness (QED) is 0.334. The Morgan fingerprint density at radius 3 is 2.43 bits per heavy atom. The Morgan fingerprint density at radius 2 is 1.77 bits per heavy atom. The molecule has 2 aromatic carbocycles. The van der Waals surface area contributed by atoms with Crippen molar-refractivity contribution in [3.8, 4) is 17.2 Å². The molecule has 0 radical (unpaired) electrons. The summed E-state index contributed by atoms with van der Waals surface area (Å²) in [5.41, 5.74) is 2.67. The maximum Gasteiger partial charge on any atom is 0.224 e. The summed E-state index contributed by atoms with van der Waals surface area (Å²) in [4.78, 5) is 20.2. The number of carbonyl (C=O) groups excluding carboxylic acids is 1. The lowest BCUT2D eigenvalue weighted by atomic mass is 10.2. The number of hydrogen-bond donors (Lipinski definition) is 2. The van der Waals surface area contributed by atoms with Crippen LogP contribution in [0.1, 0.15) is 25.7 Å². The number of rotatable bonds is 11. The number of nitrogens with zero attached hydrogens (tertiary/aromatic N) is 1. The van der Waals surface area contributed by atoms with E-state index < -0.39 is 0 Å². The number of para-hydroxylation sites is 2. The number of thioether (sulfide) groups is 1. The van der Waals surface area contributed by atoms with Gasteiger partial charge in [-0.2, -0.15) is 0 Å². The second kappa shape index (κ2) is 10.8. The third-order valence-corrected chi connectivity index (χ3v) is 5.56. The molecule has 0 bridgehead atoms. The summed E-state index contributed by atoms with van der Waals surface area (Å²) in [6.45, 7) is 0. The number of aromatic amines is 1. The van der Waals surface area contributed by atoms with Crippen molar-refractivity contribution in [2.75, 3.05) is 32.4 Å². The highest BCUT2D eigenvalue weighted by atomic mass is 32.2. The summed E-state index contributed by atoms with van der Waals surface area (Å²) in [6, 6.07) is 11.5. The molecule has 160 valence electrons. The van der Waals surface area contributed by atoms with Gasteiger partial charge in [-0.3, -0.25) is 4.79 Å². The average molecular weight is 430 g/mol. The van der Waals surface area contributed by atoms with Crippen LogP contribution < -0.4 is 19.5 Å². The van der Waals surface area contributed by atoms with Gasteiger partial charge in [-0.05, 0) is 25.0 Å². The van der Waals surface area contributed by atoms with Gasteiger partial charge in [-0.15, -0.1) is 0 Å². The standard InChI is InChI=1S/C22H27N3O4S/c1-27-18-13-15(14-19(28-2)21(18)29-3)23-20(26)11-5-4-8-12-30-22-24-16-9-6-7-10-17(16)25-22/h6-7,9-10,13-14H,4-5,8,11-12H2,1-3H3,(H,23,26)(H,24,25). The third kappa shape index (κ3) is 5.60. The maximum atomic E-state index is 12.3. The number of H-pyrrole nitrogens is 1. The minimum atomic E-state index is -0.0331. The summed E-state index contributed by atoms with van der Waals surface area (Å²) in [6.07, 6.45) is 3.30. The van der Waals surface area contributed by atoms with Crippen molar-refractivity contribution in [2.24, 2.45) is 0 Å². The molecule has 1 amide bonds. The zero-order valence-corrected chi connectivity index (χ0v) is 18.3. The fourth-order valence-corrected chi connectivity index (χ4v) is 3.99. The van der Waals surface area contributed by atoms with Crippen LogP contribution in [0.2, 0.25) is 0 Å². The van der Waals surface area contributed by atoms with Gasteiger partial charge >= 0.3 is 0 Å². The lowest BCUT2D eigenvalue weighted by Gasteiger charge is -2.14. The molecule has 0 unspecified atom stereocenters. The number of anilines is 1. The number of aromatic nitrogens is 2. The normalized spacial score (nSPS) is 10.8. The van der Waals surface area contributed by atoms with Gasteiger partial charge in [0.05, 0.1) is 32.4 Å². The lowest BCUT2D eigenvalue weighted by Crippen LogP contribution is -2.11. The summed E-state index contributed by atoms with van der Waals surface area (Å²) in [5.74, 6) is 2.45. The van der Waals surface area contributed by atoms with Crippen molar-refractivity contribution >= 4 is 34.4 Å². The first-order chi connectivity index (χ1) is 14.6. The van der Waals surface area contributed by atoms with E-state index in [1.807, 2.05) is 24.3 Å². The highest BCUT2D eigenvalue weighted by Gasteiger charge is 2.14. The first kappa shape index (κ1) is 21.8. The SMILES string of the molecule is COc1cc(NC(=O)CCCCCSc2nc3ccccc3[nH]2)cc(OC)c1OC. The predicted octanol–water partition coefficient (Wildman–Crippen LogP) is 4.88. The largest absolute Gasteiger partial charge is 0.493 e. The van der Waals surface area contributed by atoms with Gasteiger partial charge in [0.15, 0.2) is 16.7 Å². The minimum Gasteiger partial charge on any atom is -0.493 e. The number of ether oxygens (including phenoxy) is 3. The fourth-order valence-electron chi connectivity index (χ4n) is 3.11. The molecule has 30 heavy (non-hydrogen) atoms. The van der Waals surface area contributed by atoms with Crippen LogP contribution in [0, 0.1) is 0 Å². The van der Waals surface area contributed by atoms with Crippen molar-refractivity contribution in [1.82, 2.24) is 9.97 Å². The summed E-state index contributed by atoms with van der Waals surface area (Å²) in [7, 11) is 4.64. The zero-order valence-electron chi connectivity index (χ0n) is 17.5. The van der Waals surface area contributed by atoms with E-state index in [-0.39, 0.29) is 5.91 Å². The molecule has 0 saturated carbocycles. The number of fused-ring (bicyclic) bond motifs is 1. The number of amides is 1. The highest BCUT2D eigenvalue weighted by molar-refractivity contribution is 7.99. The van der Waals surface area contributed by atoms with Crippen LogP contribution >= 0.6 is 11.8 Å². The Labute approximate surface area is 180 Å². The fraction of sp³-hybridized carbons (Fsp3) is 0.364. The van der Waals surface area contributed by atoms with Crippen LogP contribution in [0.3, 0.4) is 0 Å². The molecule has 2 N–H and O–H groups in total. The van der Waals surface area contributed by atoms with E-state index in [1.165, 1.54) is 0 Å². The number of imidazole rings is 1. The molecule has 0 fully saturated rings. The van der Waals surface area contributed by atoms with E-state index in [2.05, 4.69) is 15.3 Å². The number of unbranched alkanes of at least 4 members (excludes halogenated alkanes) is 2. The molecule has 1 aromatic heterocycles. The van der Waals surface area contributed by atoms with Crippen LogP contribution in [0.5, 0.6) is 17.2 Å². The maximum absolute atomic E-state index is 12.3. The van der Waals surface area contributed by atoms with E-state index in [0.29, 0.717) is 29.4 Å². The van der Waals surface area contributed by atoms with Crippen molar-refractivity contribution in [1.29, 1.82) is 0 Å². The van der Waals surface area contributed by atoms with Gasteiger partial charge in [0.25, 0.3) is 0 Å². The van der Waals surface area contributed by atoms with Crippen LogP contribution in [0.15, 0.2) is 41.6 Å². The Kier molecular flexibility index (Phi) is 7.84. The number of hydrogen-bond acceptors (Lipinski definition) is 6. The van der Waals surface area contributed by atoms with E-state index in [4.69, 9.17) is 14.2 Å². The van der Waals surface area contributed by atoms with Crippen LogP contribution in [0.25, 0.3) is 11.0 Å². The number of carbonyl (C=O) groups is 1.